The average Bonchev–Trinajstić information content (AvgIpc) is 3.17. The van der Waals surface area contributed by atoms with Crippen molar-refractivity contribution in [1.82, 2.24) is 20.5 Å². The number of aromatic nitrogens is 1. The lowest BCUT2D eigenvalue weighted by Gasteiger charge is -2.31. The lowest BCUT2D eigenvalue weighted by Crippen LogP contribution is -2.40. The van der Waals surface area contributed by atoms with Crippen LogP contribution in [0.5, 0.6) is 5.75 Å². The van der Waals surface area contributed by atoms with Crippen molar-refractivity contribution in [2.24, 2.45) is 0 Å². The van der Waals surface area contributed by atoms with Gasteiger partial charge in [-0.15, -0.1) is 0 Å². The number of likely N-dealkylation sites (tertiary alicyclic amines) is 1. The number of aliphatic hydroxyl groups is 1. The molecule has 0 saturated carbocycles. The van der Waals surface area contributed by atoms with Crippen LogP contribution in [0, 0.1) is 0 Å². The van der Waals surface area contributed by atoms with Gasteiger partial charge in [-0.05, 0) is 66.1 Å². The summed E-state index contributed by atoms with van der Waals surface area (Å²) in [6.45, 7) is 3.71. The Morgan fingerprint density at radius 3 is 2.42 bits per heavy atom. The quantitative estimate of drug-likeness (QED) is 0.0735. The second-order valence-electron chi connectivity index (χ2n) is 13.4. The van der Waals surface area contributed by atoms with Crippen molar-refractivity contribution in [3.63, 3.8) is 0 Å². The van der Waals surface area contributed by atoms with E-state index in [0.29, 0.717) is 54.8 Å². The van der Waals surface area contributed by atoms with Gasteiger partial charge in [-0.25, -0.2) is 4.79 Å². The molecule has 5 aromatic rings. The number of pyridine rings is 1. The van der Waals surface area contributed by atoms with E-state index in [1.54, 1.807) is 12.1 Å². The molecule has 11 nitrogen and oxygen atoms in total. The Kier molecular flexibility index (Phi) is 12.9. The molecule has 1 atom stereocenters. The predicted octanol–water partition coefficient (Wildman–Crippen LogP) is 5.88. The molecule has 2 heterocycles. The van der Waals surface area contributed by atoms with Gasteiger partial charge in [0.15, 0.2) is 0 Å². The van der Waals surface area contributed by atoms with E-state index in [1.807, 2.05) is 54.6 Å². The molecular formula is C42H47N5O6. The number of ether oxygens (including phenoxy) is 1. The third-order valence-corrected chi connectivity index (χ3v) is 9.63. The zero-order chi connectivity index (χ0) is 37.0. The molecule has 0 aliphatic carbocycles. The van der Waals surface area contributed by atoms with Crippen LogP contribution in [-0.2, 0) is 22.5 Å². The Bertz CT molecular complexity index is 2030. The number of carbonyl (C=O) groups is 2. The minimum atomic E-state index is -0.819. The van der Waals surface area contributed by atoms with Crippen LogP contribution in [0.4, 0.5) is 10.5 Å². The number of aromatic amines is 1. The topological polar surface area (TPSA) is 156 Å². The van der Waals surface area contributed by atoms with Crippen LogP contribution in [0.1, 0.15) is 48.5 Å². The van der Waals surface area contributed by atoms with Crippen molar-refractivity contribution in [3.8, 4) is 16.9 Å². The van der Waals surface area contributed by atoms with E-state index in [9.17, 15) is 24.6 Å². The molecule has 1 aliphatic rings. The summed E-state index contributed by atoms with van der Waals surface area (Å²) < 4.78 is 5.74. The number of H-pyrrole nitrogens is 1. The van der Waals surface area contributed by atoms with Gasteiger partial charge in [0.25, 0.3) is 0 Å². The SMILES string of the molecule is O=C(CCN1CCC(OC(=O)Nc2ccccc2-c2ccccc2)CC1)NCCCc1ccc(CNC[C@H](O)c2ccc(O)c3[nH]c(=O)ccc23)cc1. The monoisotopic (exact) mass is 717 g/mol. The van der Waals surface area contributed by atoms with E-state index in [1.165, 1.54) is 17.7 Å². The number of anilines is 1. The number of fused-ring (bicyclic) bond motifs is 1. The first-order valence-corrected chi connectivity index (χ1v) is 18.2. The van der Waals surface area contributed by atoms with Gasteiger partial charge in [0.2, 0.25) is 11.5 Å². The fourth-order valence-corrected chi connectivity index (χ4v) is 6.71. The molecule has 53 heavy (non-hydrogen) atoms. The minimum Gasteiger partial charge on any atom is -0.506 e. The summed E-state index contributed by atoms with van der Waals surface area (Å²) in [4.78, 5) is 41.8. The third-order valence-electron chi connectivity index (χ3n) is 9.63. The first kappa shape index (κ1) is 37.3. The summed E-state index contributed by atoms with van der Waals surface area (Å²) in [6.07, 6.45) is 2.15. The van der Waals surface area contributed by atoms with E-state index < -0.39 is 12.2 Å². The number of nitrogens with one attached hydrogen (secondary N) is 4. The highest BCUT2D eigenvalue weighted by Gasteiger charge is 2.23. The minimum absolute atomic E-state index is 0.0367. The van der Waals surface area contributed by atoms with Crippen molar-refractivity contribution in [2.45, 2.75) is 50.9 Å². The average molecular weight is 718 g/mol. The summed E-state index contributed by atoms with van der Waals surface area (Å²) in [7, 11) is 0. The fourth-order valence-electron chi connectivity index (χ4n) is 6.71. The highest BCUT2D eigenvalue weighted by Crippen LogP contribution is 2.29. The van der Waals surface area contributed by atoms with Crippen LogP contribution >= 0.6 is 0 Å². The summed E-state index contributed by atoms with van der Waals surface area (Å²) >= 11 is 0. The van der Waals surface area contributed by atoms with Crippen LogP contribution < -0.4 is 21.5 Å². The lowest BCUT2D eigenvalue weighted by molar-refractivity contribution is -0.121. The normalized spacial score (nSPS) is 14.1. The van der Waals surface area contributed by atoms with Crippen LogP contribution in [0.3, 0.4) is 0 Å². The van der Waals surface area contributed by atoms with Gasteiger partial charge >= 0.3 is 6.09 Å². The van der Waals surface area contributed by atoms with Crippen LogP contribution in [0.15, 0.2) is 108 Å². The number of para-hydroxylation sites is 1. The van der Waals surface area contributed by atoms with Crippen molar-refractivity contribution >= 4 is 28.6 Å². The molecule has 0 bridgehead atoms. The van der Waals surface area contributed by atoms with Crippen molar-refractivity contribution in [1.29, 1.82) is 0 Å². The molecule has 11 heteroatoms. The van der Waals surface area contributed by atoms with Crippen molar-refractivity contribution in [3.05, 3.63) is 130 Å². The molecule has 0 unspecified atom stereocenters. The molecule has 1 fully saturated rings. The zero-order valence-electron chi connectivity index (χ0n) is 29.7. The number of aryl methyl sites for hydroxylation is 1. The number of piperidine rings is 1. The van der Waals surface area contributed by atoms with Gasteiger partial charge in [-0.3, -0.25) is 14.9 Å². The number of rotatable bonds is 15. The Morgan fingerprint density at radius 2 is 1.62 bits per heavy atom. The zero-order valence-corrected chi connectivity index (χ0v) is 29.7. The molecule has 0 radical (unpaired) electrons. The number of phenolic OH excluding ortho intramolecular Hbond substituents is 1. The Labute approximate surface area is 309 Å². The van der Waals surface area contributed by atoms with Gasteiger partial charge < -0.3 is 35.5 Å². The van der Waals surface area contributed by atoms with Crippen molar-refractivity contribution in [2.75, 3.05) is 38.0 Å². The molecule has 0 spiro atoms. The third kappa shape index (κ3) is 10.5. The second kappa shape index (κ2) is 18.3. The maximum Gasteiger partial charge on any atom is 0.411 e. The molecule has 1 aromatic heterocycles. The van der Waals surface area contributed by atoms with Gasteiger partial charge in [-0.2, -0.15) is 0 Å². The van der Waals surface area contributed by atoms with Gasteiger partial charge in [0.05, 0.1) is 17.3 Å². The number of hydrogen-bond acceptors (Lipinski definition) is 8. The molecule has 2 amide bonds. The number of hydrogen-bond donors (Lipinski definition) is 6. The number of carbonyl (C=O) groups excluding carboxylic acids is 2. The van der Waals surface area contributed by atoms with Gasteiger partial charge in [-0.1, -0.05) is 78.9 Å². The molecular weight excluding hydrogens is 670 g/mol. The summed E-state index contributed by atoms with van der Waals surface area (Å²) in [5.41, 5.74) is 5.57. The standard InChI is InChI=1S/C42H47N5O6/c48-37-18-16-34(35-17-19-40(51)46-41(35)37)38(49)28-43-27-30-14-12-29(13-15-30)7-6-23-44-39(50)22-26-47-24-20-32(21-25-47)53-42(52)45-36-11-5-4-10-33(36)31-8-2-1-3-9-31/h1-5,8-19,32,38,43,48-49H,6-7,20-28H2,(H,44,50)(H,45,52)(H,46,51)/t38-/m0/s1. The smallest absolute Gasteiger partial charge is 0.411 e. The summed E-state index contributed by atoms with van der Waals surface area (Å²) in [5.74, 6) is 0.00223. The number of nitrogens with zero attached hydrogens (tertiary/aromatic N) is 1. The number of aliphatic hydroxyl groups excluding tert-OH is 1. The Morgan fingerprint density at radius 1 is 0.887 bits per heavy atom. The van der Waals surface area contributed by atoms with E-state index in [2.05, 4.69) is 50.1 Å². The second-order valence-corrected chi connectivity index (χ2v) is 13.4. The predicted molar refractivity (Wildman–Crippen MR) is 207 cm³/mol. The number of aromatic hydroxyl groups is 1. The molecule has 276 valence electrons. The van der Waals surface area contributed by atoms with E-state index in [-0.39, 0.29) is 23.3 Å². The van der Waals surface area contributed by atoms with Crippen LogP contribution in [0.2, 0.25) is 0 Å². The number of benzene rings is 4. The van der Waals surface area contributed by atoms with Crippen LogP contribution in [0.25, 0.3) is 22.0 Å². The van der Waals surface area contributed by atoms with Crippen molar-refractivity contribution < 1.29 is 24.5 Å². The highest BCUT2D eigenvalue weighted by atomic mass is 16.6. The fraction of sp³-hybridized carbons (Fsp3) is 0.310. The Balaban J connectivity index is 0.826. The van der Waals surface area contributed by atoms with Crippen LogP contribution in [-0.4, -0.2) is 70.9 Å². The van der Waals surface area contributed by atoms with E-state index in [0.717, 1.165) is 55.5 Å². The first-order valence-electron chi connectivity index (χ1n) is 18.2. The van der Waals surface area contributed by atoms with Gasteiger partial charge in [0, 0.05) is 62.7 Å². The molecule has 6 N–H and O–H groups in total. The number of amides is 2. The van der Waals surface area contributed by atoms with E-state index >= 15 is 0 Å². The maximum absolute atomic E-state index is 12.7. The lowest BCUT2D eigenvalue weighted by atomic mass is 10.0. The molecule has 6 rings (SSSR count). The highest BCUT2D eigenvalue weighted by molar-refractivity contribution is 5.91. The molecule has 4 aromatic carbocycles. The summed E-state index contributed by atoms with van der Waals surface area (Å²) in [5, 5.41) is 30.7. The largest absolute Gasteiger partial charge is 0.506 e. The molecule has 1 aliphatic heterocycles. The molecule has 1 saturated heterocycles. The first-order chi connectivity index (χ1) is 25.8. The Hall–Kier alpha value is -5.49. The van der Waals surface area contributed by atoms with Gasteiger partial charge in [0.1, 0.15) is 11.9 Å². The maximum atomic E-state index is 12.7. The number of phenols is 1. The summed E-state index contributed by atoms with van der Waals surface area (Å²) in [6, 6.07) is 32.0. The van der Waals surface area contributed by atoms with E-state index in [4.69, 9.17) is 4.74 Å².